The first-order valence-corrected chi connectivity index (χ1v) is 9.29. The second kappa shape index (κ2) is 8.12. The van der Waals surface area contributed by atoms with Crippen LogP contribution >= 0.6 is 11.6 Å². The van der Waals surface area contributed by atoms with E-state index in [1.807, 2.05) is 0 Å². The fraction of sp³-hybridized carbons (Fsp3) is 0.0909. The van der Waals surface area contributed by atoms with Crippen molar-refractivity contribution in [1.29, 1.82) is 0 Å². The van der Waals surface area contributed by atoms with Crippen molar-refractivity contribution >= 4 is 17.6 Å². The molecule has 0 spiro atoms. The Kier molecular flexibility index (Phi) is 5.37. The maximum Gasteiger partial charge on any atom is 0.373 e. The lowest BCUT2D eigenvalue weighted by atomic mass is 10.1. The van der Waals surface area contributed by atoms with E-state index in [9.17, 15) is 13.6 Å². The zero-order valence-electron chi connectivity index (χ0n) is 15.7. The summed E-state index contributed by atoms with van der Waals surface area (Å²) in [5.74, 6) is -0.839. The van der Waals surface area contributed by atoms with Gasteiger partial charge in [-0.25, -0.2) is 13.6 Å². The third-order valence-electron chi connectivity index (χ3n) is 4.48. The molecule has 0 aliphatic heterocycles. The molecule has 2 aromatic heterocycles. The summed E-state index contributed by atoms with van der Waals surface area (Å²) < 4.78 is 38.5. The molecule has 0 saturated heterocycles. The number of rotatable bonds is 5. The molecule has 4 aromatic rings. The second-order valence-corrected chi connectivity index (χ2v) is 6.82. The van der Waals surface area contributed by atoms with E-state index in [0.717, 1.165) is 0 Å². The van der Waals surface area contributed by atoms with E-state index in [1.54, 1.807) is 35.0 Å². The third kappa shape index (κ3) is 3.84. The van der Waals surface area contributed by atoms with Crippen LogP contribution in [0.4, 0.5) is 8.78 Å². The second-order valence-electron chi connectivity index (χ2n) is 6.44. The number of carbonyl (C=O) groups is 1. The Bertz CT molecular complexity index is 1200. The zero-order valence-corrected chi connectivity index (χ0v) is 16.5. The highest BCUT2D eigenvalue weighted by Gasteiger charge is 2.21. The highest BCUT2D eigenvalue weighted by Crippen LogP contribution is 2.37. The van der Waals surface area contributed by atoms with Crippen molar-refractivity contribution in [2.24, 2.45) is 0 Å². The van der Waals surface area contributed by atoms with E-state index in [1.165, 1.54) is 37.4 Å². The number of ether oxygens (including phenoxy) is 1. The maximum atomic E-state index is 13.4. The number of methoxy groups -OCH3 is 1. The molecule has 0 aliphatic carbocycles. The van der Waals surface area contributed by atoms with Gasteiger partial charge in [0.05, 0.1) is 24.4 Å². The van der Waals surface area contributed by atoms with Gasteiger partial charge in [0, 0.05) is 11.1 Å². The molecular formula is C22H15ClF2N2O3. The Morgan fingerprint density at radius 2 is 1.60 bits per heavy atom. The first-order valence-electron chi connectivity index (χ1n) is 8.91. The summed E-state index contributed by atoms with van der Waals surface area (Å²) in [5.41, 5.74) is 2.24. The molecule has 30 heavy (non-hydrogen) atoms. The molecule has 0 N–H and O–H groups in total. The normalized spacial score (nSPS) is 10.9. The fourth-order valence-electron chi connectivity index (χ4n) is 3.05. The van der Waals surface area contributed by atoms with Gasteiger partial charge in [0.1, 0.15) is 23.1 Å². The fourth-order valence-corrected chi connectivity index (χ4v) is 3.40. The Morgan fingerprint density at radius 1 is 1.00 bits per heavy atom. The molecule has 4 rings (SSSR count). The van der Waals surface area contributed by atoms with Crippen molar-refractivity contribution in [3.63, 3.8) is 0 Å². The van der Waals surface area contributed by atoms with Crippen LogP contribution in [0.25, 0.3) is 22.5 Å². The Labute approximate surface area is 175 Å². The van der Waals surface area contributed by atoms with E-state index in [2.05, 4.69) is 9.84 Å². The lowest BCUT2D eigenvalue weighted by Gasteiger charge is -2.07. The van der Waals surface area contributed by atoms with Crippen molar-refractivity contribution < 1.29 is 22.7 Å². The average Bonchev–Trinajstić information content (AvgIpc) is 3.34. The summed E-state index contributed by atoms with van der Waals surface area (Å²) in [6.07, 6.45) is 0. The minimum Gasteiger partial charge on any atom is -0.463 e. The smallest absolute Gasteiger partial charge is 0.373 e. The first-order chi connectivity index (χ1) is 14.5. The molecule has 0 atom stereocenters. The van der Waals surface area contributed by atoms with Gasteiger partial charge in [-0.05, 0) is 60.7 Å². The number of benzene rings is 2. The number of hydrogen-bond donors (Lipinski definition) is 0. The van der Waals surface area contributed by atoms with Crippen molar-refractivity contribution in [2.75, 3.05) is 7.11 Å². The topological polar surface area (TPSA) is 57.3 Å². The quantitative estimate of drug-likeness (QED) is 0.389. The summed E-state index contributed by atoms with van der Waals surface area (Å²) in [6, 6.07) is 14.7. The predicted octanol–water partition coefficient (Wildman–Crippen LogP) is 5.58. The van der Waals surface area contributed by atoms with Crippen molar-refractivity contribution in [3.8, 4) is 22.5 Å². The Morgan fingerprint density at radius 3 is 2.20 bits per heavy atom. The predicted molar refractivity (Wildman–Crippen MR) is 107 cm³/mol. The summed E-state index contributed by atoms with van der Waals surface area (Å²) in [5, 5.41) is 4.90. The lowest BCUT2D eigenvalue weighted by Crippen LogP contribution is -2.04. The van der Waals surface area contributed by atoms with E-state index in [-0.39, 0.29) is 23.9 Å². The van der Waals surface area contributed by atoms with Crippen LogP contribution in [0.15, 0.2) is 65.1 Å². The summed E-state index contributed by atoms with van der Waals surface area (Å²) in [7, 11) is 1.26. The van der Waals surface area contributed by atoms with Crippen molar-refractivity contribution in [2.45, 2.75) is 6.54 Å². The molecule has 152 valence electrons. The van der Waals surface area contributed by atoms with Gasteiger partial charge in [-0.15, -0.1) is 0 Å². The van der Waals surface area contributed by atoms with E-state index < -0.39 is 5.97 Å². The standard InChI is InChI=1S/C22H15ClF2N2O3/c1-29-22(28)18-11-10-17(30-18)12-27-21(14-4-8-16(25)9-5-14)19(23)20(26-27)13-2-6-15(24)7-3-13/h2-11H,12H2,1H3. The maximum absolute atomic E-state index is 13.4. The summed E-state index contributed by atoms with van der Waals surface area (Å²) in [4.78, 5) is 11.6. The molecule has 2 heterocycles. The molecule has 0 amide bonds. The molecule has 2 aromatic carbocycles. The molecule has 0 radical (unpaired) electrons. The largest absolute Gasteiger partial charge is 0.463 e. The van der Waals surface area contributed by atoms with Gasteiger partial charge in [-0.3, -0.25) is 4.68 Å². The molecular weight excluding hydrogens is 414 g/mol. The summed E-state index contributed by atoms with van der Waals surface area (Å²) in [6.45, 7) is 0.157. The van der Waals surface area contributed by atoms with Crippen LogP contribution in [0.3, 0.4) is 0 Å². The monoisotopic (exact) mass is 428 g/mol. The van der Waals surface area contributed by atoms with Crippen LogP contribution in [-0.4, -0.2) is 22.9 Å². The van der Waals surface area contributed by atoms with E-state index in [4.69, 9.17) is 16.0 Å². The number of nitrogens with zero attached hydrogens (tertiary/aromatic N) is 2. The Balaban J connectivity index is 1.80. The molecule has 5 nitrogen and oxygen atoms in total. The van der Waals surface area contributed by atoms with Gasteiger partial charge < -0.3 is 9.15 Å². The highest BCUT2D eigenvalue weighted by molar-refractivity contribution is 6.35. The number of hydrogen-bond acceptors (Lipinski definition) is 4. The van der Waals surface area contributed by atoms with Gasteiger partial charge in [0.15, 0.2) is 0 Å². The molecule has 0 unspecified atom stereocenters. The Hall–Kier alpha value is -3.45. The van der Waals surface area contributed by atoms with Crippen LogP contribution < -0.4 is 0 Å². The molecule has 0 aliphatic rings. The van der Waals surface area contributed by atoms with Crippen LogP contribution in [0.5, 0.6) is 0 Å². The van der Waals surface area contributed by atoms with E-state index in [0.29, 0.717) is 33.3 Å². The van der Waals surface area contributed by atoms with Gasteiger partial charge in [-0.2, -0.15) is 5.10 Å². The van der Waals surface area contributed by atoms with Crippen LogP contribution in [0.2, 0.25) is 5.02 Å². The van der Waals surface area contributed by atoms with Crippen LogP contribution in [-0.2, 0) is 11.3 Å². The van der Waals surface area contributed by atoms with Gasteiger partial charge in [-0.1, -0.05) is 11.6 Å². The van der Waals surface area contributed by atoms with Crippen LogP contribution in [0, 0.1) is 11.6 Å². The van der Waals surface area contributed by atoms with Crippen molar-refractivity contribution in [3.05, 3.63) is 88.8 Å². The van der Waals surface area contributed by atoms with Crippen molar-refractivity contribution in [1.82, 2.24) is 9.78 Å². The third-order valence-corrected chi connectivity index (χ3v) is 4.84. The van der Waals surface area contributed by atoms with Crippen LogP contribution in [0.1, 0.15) is 16.3 Å². The summed E-state index contributed by atoms with van der Waals surface area (Å²) >= 11 is 6.65. The van der Waals surface area contributed by atoms with E-state index >= 15 is 0 Å². The number of furan rings is 1. The van der Waals surface area contributed by atoms with Gasteiger partial charge >= 0.3 is 5.97 Å². The number of esters is 1. The molecule has 0 bridgehead atoms. The zero-order chi connectivity index (χ0) is 21.3. The SMILES string of the molecule is COC(=O)c1ccc(Cn2nc(-c3ccc(F)cc3)c(Cl)c2-c2ccc(F)cc2)o1. The van der Waals surface area contributed by atoms with Gasteiger partial charge in [0.2, 0.25) is 5.76 Å². The molecule has 8 heteroatoms. The number of halogens is 3. The first kappa shape index (κ1) is 19.8. The van der Waals surface area contributed by atoms with Gasteiger partial charge in [0.25, 0.3) is 0 Å². The lowest BCUT2D eigenvalue weighted by molar-refractivity contribution is 0.0563. The number of carbonyl (C=O) groups excluding carboxylic acids is 1. The minimum absolute atomic E-state index is 0.0628. The molecule has 0 fully saturated rings. The minimum atomic E-state index is -0.592. The average molecular weight is 429 g/mol. The number of aromatic nitrogens is 2. The molecule has 0 saturated carbocycles. The highest BCUT2D eigenvalue weighted by atomic mass is 35.5.